The molecule has 1 atom stereocenters. The highest BCUT2D eigenvalue weighted by Gasteiger charge is 2.21. The minimum atomic E-state index is -3.59. The fourth-order valence-corrected chi connectivity index (χ4v) is 3.29. The Bertz CT molecular complexity index is 842. The van der Waals surface area contributed by atoms with E-state index in [0.717, 1.165) is 0 Å². The first-order valence-electron chi connectivity index (χ1n) is 7.24. The topological polar surface area (TPSA) is 123 Å². The van der Waals surface area contributed by atoms with Gasteiger partial charge in [-0.1, -0.05) is 18.2 Å². The van der Waals surface area contributed by atoms with Crippen molar-refractivity contribution in [2.45, 2.75) is 16.8 Å². The maximum absolute atomic E-state index is 12.3. The third-order valence-electron chi connectivity index (χ3n) is 3.33. The molecule has 1 heterocycles. The van der Waals surface area contributed by atoms with Gasteiger partial charge in [-0.2, -0.15) is 0 Å². The molecule has 2 rings (SSSR count). The standard InChI is InChI=1S/C16H17NO7S/c1-23-14(16(19)20)9-17-15(18)13-8-7-11(24-13)10-25(21,22)12-5-3-2-4-6-12/h2-8,14H,9-10H2,1H3,(H,17,18)(H,19,20). The number of amides is 1. The van der Waals surface area contributed by atoms with E-state index < -0.39 is 27.8 Å². The van der Waals surface area contributed by atoms with Gasteiger partial charge in [0.05, 0.1) is 11.4 Å². The largest absolute Gasteiger partial charge is 0.479 e. The van der Waals surface area contributed by atoms with Crippen molar-refractivity contribution >= 4 is 21.7 Å². The summed E-state index contributed by atoms with van der Waals surface area (Å²) in [6.45, 7) is -0.247. The molecule has 0 radical (unpaired) electrons. The number of rotatable bonds is 8. The van der Waals surface area contributed by atoms with Crippen LogP contribution in [0.25, 0.3) is 0 Å². The molecule has 25 heavy (non-hydrogen) atoms. The number of carbonyl (C=O) groups excluding carboxylic acids is 1. The first-order chi connectivity index (χ1) is 11.8. The molecule has 0 spiro atoms. The van der Waals surface area contributed by atoms with E-state index >= 15 is 0 Å². The molecular formula is C16H17NO7S. The number of carboxylic acid groups (broad SMARTS) is 1. The van der Waals surface area contributed by atoms with Gasteiger partial charge in [0.2, 0.25) is 0 Å². The zero-order valence-corrected chi connectivity index (χ0v) is 14.2. The van der Waals surface area contributed by atoms with E-state index in [-0.39, 0.29) is 28.7 Å². The molecule has 0 saturated carbocycles. The quantitative estimate of drug-likeness (QED) is 0.716. The molecule has 8 nitrogen and oxygen atoms in total. The fourth-order valence-electron chi connectivity index (χ4n) is 2.02. The van der Waals surface area contributed by atoms with Crippen LogP contribution in [0.1, 0.15) is 16.3 Å². The van der Waals surface area contributed by atoms with E-state index in [1.165, 1.54) is 31.4 Å². The molecule has 0 aliphatic carbocycles. The van der Waals surface area contributed by atoms with Crippen LogP contribution in [0.2, 0.25) is 0 Å². The Hall–Kier alpha value is -2.65. The Morgan fingerprint density at radius 3 is 2.48 bits per heavy atom. The summed E-state index contributed by atoms with van der Waals surface area (Å²) in [4.78, 5) is 22.9. The van der Waals surface area contributed by atoms with Gasteiger partial charge >= 0.3 is 5.97 Å². The number of ether oxygens (including phenoxy) is 1. The molecule has 9 heteroatoms. The summed E-state index contributed by atoms with van der Waals surface area (Å²) in [5, 5.41) is 11.2. The summed E-state index contributed by atoms with van der Waals surface area (Å²) >= 11 is 0. The Morgan fingerprint density at radius 2 is 1.88 bits per heavy atom. The van der Waals surface area contributed by atoms with Crippen molar-refractivity contribution in [1.29, 1.82) is 0 Å². The molecule has 1 unspecified atom stereocenters. The Labute approximate surface area is 144 Å². The second-order valence-electron chi connectivity index (χ2n) is 5.11. The van der Waals surface area contributed by atoms with Crippen LogP contribution in [0.15, 0.2) is 51.8 Å². The minimum Gasteiger partial charge on any atom is -0.479 e. The van der Waals surface area contributed by atoms with Crippen LogP contribution < -0.4 is 5.32 Å². The van der Waals surface area contributed by atoms with E-state index in [0.29, 0.717) is 0 Å². The van der Waals surface area contributed by atoms with Gasteiger partial charge in [0.1, 0.15) is 11.5 Å². The average Bonchev–Trinajstić information content (AvgIpc) is 3.03. The van der Waals surface area contributed by atoms with E-state index in [1.807, 2.05) is 0 Å². The summed E-state index contributed by atoms with van der Waals surface area (Å²) in [7, 11) is -2.38. The van der Waals surface area contributed by atoms with Crippen molar-refractivity contribution in [1.82, 2.24) is 5.32 Å². The molecule has 0 saturated heterocycles. The summed E-state index contributed by atoms with van der Waals surface area (Å²) in [6.07, 6.45) is -1.18. The van der Waals surface area contributed by atoms with E-state index in [9.17, 15) is 18.0 Å². The maximum Gasteiger partial charge on any atom is 0.334 e. The number of furan rings is 1. The lowest BCUT2D eigenvalue weighted by molar-refractivity contribution is -0.148. The number of methoxy groups -OCH3 is 1. The first kappa shape index (κ1) is 18.7. The van der Waals surface area contributed by atoms with Crippen molar-refractivity contribution < 1.29 is 32.3 Å². The van der Waals surface area contributed by atoms with Crippen molar-refractivity contribution in [3.05, 3.63) is 54.0 Å². The molecule has 1 aromatic carbocycles. The second-order valence-corrected chi connectivity index (χ2v) is 7.10. The van der Waals surface area contributed by atoms with Crippen molar-refractivity contribution in [2.24, 2.45) is 0 Å². The predicted octanol–water partition coefficient (Wildman–Crippen LogP) is 1.08. The van der Waals surface area contributed by atoms with Gasteiger partial charge in [-0.25, -0.2) is 13.2 Å². The fraction of sp³-hybridized carbons (Fsp3) is 0.250. The first-order valence-corrected chi connectivity index (χ1v) is 8.89. The van der Waals surface area contributed by atoms with Gasteiger partial charge in [-0.3, -0.25) is 4.79 Å². The number of sulfone groups is 1. The minimum absolute atomic E-state index is 0.107. The van der Waals surface area contributed by atoms with Crippen LogP contribution in [0.3, 0.4) is 0 Å². The highest BCUT2D eigenvalue weighted by atomic mass is 32.2. The highest BCUT2D eigenvalue weighted by Crippen LogP contribution is 2.18. The van der Waals surface area contributed by atoms with Crippen LogP contribution in [0.5, 0.6) is 0 Å². The van der Waals surface area contributed by atoms with Gasteiger partial charge in [0.25, 0.3) is 5.91 Å². The van der Waals surface area contributed by atoms with Crippen LogP contribution >= 0.6 is 0 Å². The third-order valence-corrected chi connectivity index (χ3v) is 4.98. The monoisotopic (exact) mass is 367 g/mol. The van der Waals surface area contributed by atoms with Crippen LogP contribution in [-0.2, 0) is 25.1 Å². The number of carboxylic acids is 1. The number of hydrogen-bond donors (Lipinski definition) is 2. The Balaban J connectivity index is 2.02. The molecule has 1 aromatic heterocycles. The van der Waals surface area contributed by atoms with Crippen molar-refractivity contribution in [3.8, 4) is 0 Å². The van der Waals surface area contributed by atoms with Gasteiger partial charge < -0.3 is 19.6 Å². The molecule has 0 aliphatic heterocycles. The highest BCUT2D eigenvalue weighted by molar-refractivity contribution is 7.90. The maximum atomic E-state index is 12.3. The van der Waals surface area contributed by atoms with Gasteiger partial charge in [0, 0.05) is 7.11 Å². The van der Waals surface area contributed by atoms with Crippen molar-refractivity contribution in [2.75, 3.05) is 13.7 Å². The summed E-state index contributed by atoms with van der Waals surface area (Å²) in [5.74, 6) is -2.27. The molecule has 2 N–H and O–H groups in total. The average molecular weight is 367 g/mol. The lowest BCUT2D eigenvalue weighted by Crippen LogP contribution is -2.37. The smallest absolute Gasteiger partial charge is 0.334 e. The van der Waals surface area contributed by atoms with Gasteiger partial charge in [-0.15, -0.1) is 0 Å². The zero-order chi connectivity index (χ0) is 18.4. The van der Waals surface area contributed by atoms with Crippen LogP contribution in [0, 0.1) is 0 Å². The van der Waals surface area contributed by atoms with E-state index in [4.69, 9.17) is 14.3 Å². The summed E-state index contributed by atoms with van der Waals surface area (Å²) in [5.41, 5.74) is 0. The number of nitrogens with one attached hydrogen (secondary N) is 1. The molecule has 0 fully saturated rings. The van der Waals surface area contributed by atoms with Gasteiger partial charge in [-0.05, 0) is 24.3 Å². The SMILES string of the molecule is COC(CNC(=O)c1ccc(CS(=O)(=O)c2ccccc2)o1)C(=O)O. The predicted molar refractivity (Wildman–Crippen MR) is 86.8 cm³/mol. The molecule has 1 amide bonds. The van der Waals surface area contributed by atoms with E-state index in [1.54, 1.807) is 18.2 Å². The molecule has 134 valence electrons. The molecule has 0 aliphatic rings. The lowest BCUT2D eigenvalue weighted by atomic mass is 10.3. The number of benzene rings is 1. The molecule has 0 bridgehead atoms. The molecule has 2 aromatic rings. The normalized spacial score (nSPS) is 12.5. The molecular weight excluding hydrogens is 350 g/mol. The second kappa shape index (κ2) is 7.95. The van der Waals surface area contributed by atoms with Crippen LogP contribution in [-0.4, -0.2) is 45.2 Å². The van der Waals surface area contributed by atoms with E-state index in [2.05, 4.69) is 5.32 Å². The van der Waals surface area contributed by atoms with Crippen molar-refractivity contribution in [3.63, 3.8) is 0 Å². The Morgan fingerprint density at radius 1 is 1.20 bits per heavy atom. The third kappa shape index (κ3) is 4.91. The number of hydrogen-bond acceptors (Lipinski definition) is 6. The van der Waals surface area contributed by atoms with Gasteiger partial charge in [0.15, 0.2) is 21.7 Å². The zero-order valence-electron chi connectivity index (χ0n) is 13.3. The number of carbonyl (C=O) groups is 2. The Kier molecular flexibility index (Phi) is 5.94. The van der Waals surface area contributed by atoms with Crippen LogP contribution in [0.4, 0.5) is 0 Å². The summed E-state index contributed by atoms with van der Waals surface area (Å²) in [6, 6.07) is 10.6. The number of aliphatic carboxylic acids is 1. The summed E-state index contributed by atoms with van der Waals surface area (Å²) < 4.78 is 34.5. The lowest BCUT2D eigenvalue weighted by Gasteiger charge is -2.10.